The van der Waals surface area contributed by atoms with Gasteiger partial charge in [0.25, 0.3) is 0 Å². The van der Waals surface area contributed by atoms with Gasteiger partial charge in [0.05, 0.1) is 23.6 Å². The van der Waals surface area contributed by atoms with Gasteiger partial charge in [-0.1, -0.05) is 29.3 Å². The van der Waals surface area contributed by atoms with Gasteiger partial charge in [0.15, 0.2) is 17.8 Å². The molecule has 0 saturated heterocycles. The summed E-state index contributed by atoms with van der Waals surface area (Å²) in [5.41, 5.74) is 9.92. The van der Waals surface area contributed by atoms with Crippen molar-refractivity contribution >= 4 is 28.8 Å². The maximum absolute atomic E-state index is 11.4. The maximum Gasteiger partial charge on any atom is 0.336 e. The molecule has 0 spiro atoms. The van der Waals surface area contributed by atoms with E-state index in [4.69, 9.17) is 10.2 Å². The molecule has 3 heterocycles. The van der Waals surface area contributed by atoms with Gasteiger partial charge in [-0.25, -0.2) is 9.78 Å². The van der Waals surface area contributed by atoms with Gasteiger partial charge in [-0.2, -0.15) is 0 Å². The smallest absolute Gasteiger partial charge is 0.336 e. The Hall–Kier alpha value is -4.65. The van der Waals surface area contributed by atoms with E-state index in [1.54, 1.807) is 30.3 Å². The molecule has 0 bridgehead atoms. The third kappa shape index (κ3) is 6.43. The van der Waals surface area contributed by atoms with E-state index in [1.807, 2.05) is 56.3 Å². The molecule has 2 aromatic carbocycles. The van der Waals surface area contributed by atoms with Crippen LogP contribution in [-0.4, -0.2) is 22.3 Å². The molecular formula is C27H24N2O5. The molecule has 0 aliphatic rings. The van der Waals surface area contributed by atoms with Crippen LogP contribution in [-0.2, 0) is 0 Å². The first-order valence-electron chi connectivity index (χ1n) is 10.4. The van der Waals surface area contributed by atoms with Crippen LogP contribution in [0.25, 0.3) is 22.4 Å². The van der Waals surface area contributed by atoms with Gasteiger partial charge in [-0.3, -0.25) is 4.79 Å². The predicted octanol–water partition coefficient (Wildman–Crippen LogP) is 6.17. The second kappa shape index (κ2) is 11.3. The lowest BCUT2D eigenvalue weighted by atomic mass is 10.0. The van der Waals surface area contributed by atoms with Crippen LogP contribution in [0.3, 0.4) is 0 Å². The van der Waals surface area contributed by atoms with E-state index in [1.165, 1.54) is 18.1 Å². The summed E-state index contributed by atoms with van der Waals surface area (Å²) >= 11 is 0. The van der Waals surface area contributed by atoms with Crippen molar-refractivity contribution in [3.63, 3.8) is 0 Å². The van der Waals surface area contributed by atoms with E-state index in [0.717, 1.165) is 11.3 Å². The van der Waals surface area contributed by atoms with E-state index in [2.05, 4.69) is 9.40 Å². The first-order chi connectivity index (χ1) is 16.4. The monoisotopic (exact) mass is 456 g/mol. The Balaban J connectivity index is 0.000000177. The molecule has 0 fully saturated rings. The molecule has 0 aliphatic heterocycles. The Labute approximate surface area is 196 Å². The van der Waals surface area contributed by atoms with Crippen molar-refractivity contribution in [1.82, 2.24) is 4.98 Å². The molecule has 34 heavy (non-hydrogen) atoms. The minimum Gasteiger partial charge on any atom is -0.478 e. The standard InChI is InChI=1S/C15H11NO3.C7H9N.C5H4O2/c1-9-4-5-12-10(7-9)11(15(17)18)8-13(16-12)14-3-2-6-19-14;1-6-2-4-7(8)5-3-6;6-4-5-2-1-3-7-5/h2-8H,1H3,(H,17,18);2-5H,8H2,1H3;1-4H. The van der Waals surface area contributed by atoms with Crippen LogP contribution in [0.15, 0.2) is 94.2 Å². The first kappa shape index (κ1) is 24.0. The van der Waals surface area contributed by atoms with E-state index in [9.17, 15) is 14.7 Å². The molecule has 5 aromatic rings. The van der Waals surface area contributed by atoms with E-state index in [-0.39, 0.29) is 5.56 Å². The summed E-state index contributed by atoms with van der Waals surface area (Å²) < 4.78 is 9.89. The van der Waals surface area contributed by atoms with Crippen LogP contribution in [0, 0.1) is 13.8 Å². The lowest BCUT2D eigenvalue weighted by molar-refractivity contribution is 0.0699. The molecule has 3 N–H and O–H groups in total. The lowest BCUT2D eigenvalue weighted by Gasteiger charge is -2.06. The van der Waals surface area contributed by atoms with Crippen molar-refractivity contribution in [2.24, 2.45) is 0 Å². The van der Waals surface area contributed by atoms with Crippen LogP contribution < -0.4 is 5.73 Å². The van der Waals surface area contributed by atoms with Crippen LogP contribution >= 0.6 is 0 Å². The quantitative estimate of drug-likeness (QED) is 0.246. The van der Waals surface area contributed by atoms with Crippen LogP contribution in [0.4, 0.5) is 5.69 Å². The number of benzene rings is 2. The number of furan rings is 2. The summed E-state index contributed by atoms with van der Waals surface area (Å²) in [6, 6.07) is 21.7. The van der Waals surface area contributed by atoms with E-state index >= 15 is 0 Å². The number of aromatic nitrogens is 1. The second-order valence-electron chi connectivity index (χ2n) is 7.40. The molecule has 7 heteroatoms. The number of anilines is 1. The number of carboxylic acids is 1. The molecule has 3 aromatic heterocycles. The SMILES string of the molecule is Cc1ccc(N)cc1.Cc1ccc2nc(-c3ccco3)cc(C(=O)O)c2c1.O=Cc1ccco1. The first-order valence-corrected chi connectivity index (χ1v) is 10.4. The lowest BCUT2D eigenvalue weighted by Crippen LogP contribution is -2.00. The van der Waals surface area contributed by atoms with Gasteiger partial charge in [-0.15, -0.1) is 0 Å². The molecule has 0 aliphatic carbocycles. The van der Waals surface area contributed by atoms with E-state index < -0.39 is 5.97 Å². The summed E-state index contributed by atoms with van der Waals surface area (Å²) in [5.74, 6) is -0.0317. The number of fused-ring (bicyclic) bond motifs is 1. The third-order valence-corrected chi connectivity index (χ3v) is 4.70. The number of aldehydes is 1. The normalized spacial score (nSPS) is 9.94. The number of carbonyl (C=O) groups is 2. The van der Waals surface area contributed by atoms with Gasteiger partial charge in [0.1, 0.15) is 5.69 Å². The summed E-state index contributed by atoms with van der Waals surface area (Å²) in [7, 11) is 0. The average Bonchev–Trinajstić information content (AvgIpc) is 3.55. The molecule has 0 amide bonds. The van der Waals surface area contributed by atoms with Gasteiger partial charge in [0.2, 0.25) is 0 Å². The number of aromatic carboxylic acids is 1. The third-order valence-electron chi connectivity index (χ3n) is 4.70. The summed E-state index contributed by atoms with van der Waals surface area (Å²) in [6.45, 7) is 3.96. The van der Waals surface area contributed by atoms with Crippen molar-refractivity contribution in [3.8, 4) is 11.5 Å². The zero-order chi connectivity index (χ0) is 24.5. The fourth-order valence-electron chi connectivity index (χ4n) is 2.99. The number of rotatable bonds is 3. The highest BCUT2D eigenvalue weighted by Crippen LogP contribution is 2.26. The molecule has 0 saturated carbocycles. The van der Waals surface area contributed by atoms with Crippen LogP contribution in [0.2, 0.25) is 0 Å². The number of hydrogen-bond donors (Lipinski definition) is 2. The van der Waals surface area contributed by atoms with Crippen LogP contribution in [0.1, 0.15) is 32.0 Å². The van der Waals surface area contributed by atoms with E-state index in [0.29, 0.717) is 34.4 Å². The fraction of sp³-hybridized carbons (Fsp3) is 0.0741. The van der Waals surface area contributed by atoms with Gasteiger partial charge in [0, 0.05) is 11.1 Å². The summed E-state index contributed by atoms with van der Waals surface area (Å²) in [4.78, 5) is 25.6. The van der Waals surface area contributed by atoms with Gasteiger partial charge < -0.3 is 19.7 Å². The molecule has 172 valence electrons. The Morgan fingerprint density at radius 2 is 1.59 bits per heavy atom. The largest absolute Gasteiger partial charge is 0.478 e. The highest BCUT2D eigenvalue weighted by Gasteiger charge is 2.14. The number of pyridine rings is 1. The average molecular weight is 456 g/mol. The number of nitrogens with two attached hydrogens (primary N) is 1. The second-order valence-corrected chi connectivity index (χ2v) is 7.40. The maximum atomic E-state index is 11.4. The summed E-state index contributed by atoms with van der Waals surface area (Å²) in [6.07, 6.45) is 3.67. The Kier molecular flexibility index (Phi) is 7.97. The number of carbonyl (C=O) groups excluding carboxylic acids is 1. The topological polar surface area (TPSA) is 120 Å². The van der Waals surface area contributed by atoms with Crippen molar-refractivity contribution in [1.29, 1.82) is 0 Å². The number of hydrogen-bond acceptors (Lipinski definition) is 6. The molecule has 5 rings (SSSR count). The number of nitrogen functional groups attached to an aromatic ring is 1. The Morgan fingerprint density at radius 3 is 2.12 bits per heavy atom. The Morgan fingerprint density at radius 1 is 0.912 bits per heavy atom. The summed E-state index contributed by atoms with van der Waals surface area (Å²) in [5, 5.41) is 9.98. The minimum atomic E-state index is -0.967. The number of carboxylic acid groups (broad SMARTS) is 1. The van der Waals surface area contributed by atoms with Crippen molar-refractivity contribution in [2.45, 2.75) is 13.8 Å². The van der Waals surface area contributed by atoms with Crippen LogP contribution in [0.5, 0.6) is 0 Å². The molecule has 0 atom stereocenters. The fourth-order valence-corrected chi connectivity index (χ4v) is 2.99. The Bertz CT molecular complexity index is 1340. The zero-order valence-electron chi connectivity index (χ0n) is 18.8. The zero-order valence-corrected chi connectivity index (χ0v) is 18.8. The molecular weight excluding hydrogens is 432 g/mol. The van der Waals surface area contributed by atoms with Crippen molar-refractivity contribution in [3.05, 3.63) is 108 Å². The van der Waals surface area contributed by atoms with Gasteiger partial charge >= 0.3 is 5.97 Å². The van der Waals surface area contributed by atoms with Crippen molar-refractivity contribution in [2.75, 3.05) is 5.73 Å². The predicted molar refractivity (Wildman–Crippen MR) is 131 cm³/mol. The highest BCUT2D eigenvalue weighted by atomic mass is 16.4. The molecule has 0 radical (unpaired) electrons. The number of nitrogens with zero attached hydrogens (tertiary/aromatic N) is 1. The number of aryl methyl sites for hydroxylation is 2. The highest BCUT2D eigenvalue weighted by molar-refractivity contribution is 6.03. The minimum absolute atomic E-state index is 0.236. The van der Waals surface area contributed by atoms with Gasteiger partial charge in [-0.05, 0) is 68.4 Å². The molecule has 0 unspecified atom stereocenters. The van der Waals surface area contributed by atoms with Crippen molar-refractivity contribution < 1.29 is 23.5 Å². The molecule has 7 nitrogen and oxygen atoms in total.